The fourth-order valence-electron chi connectivity index (χ4n) is 2.04. The van der Waals surface area contributed by atoms with Crippen LogP contribution in [0.5, 0.6) is 5.75 Å². The highest BCUT2D eigenvalue weighted by molar-refractivity contribution is 9.11. The summed E-state index contributed by atoms with van der Waals surface area (Å²) in [6, 6.07) is 8.91. The van der Waals surface area contributed by atoms with Crippen molar-refractivity contribution in [2.24, 2.45) is 0 Å². The molecule has 0 bridgehead atoms. The van der Waals surface area contributed by atoms with E-state index in [2.05, 4.69) is 21.2 Å². The van der Waals surface area contributed by atoms with Gasteiger partial charge in [-0.2, -0.15) is 0 Å². The number of hydrogen-bond donors (Lipinski definition) is 1. The first-order valence-corrected chi connectivity index (χ1v) is 9.43. The zero-order valence-electron chi connectivity index (χ0n) is 10.6. The minimum atomic E-state index is -3.20. The van der Waals surface area contributed by atoms with E-state index in [9.17, 15) is 8.42 Å². The second-order valence-corrected chi connectivity index (χ2v) is 9.07. The number of halogens is 1. The standard InChI is InChI=1S/C13H12BrNO3S2/c1-20(16,17)8-2-3-10-9(6-8)15-7-11(18-10)12-4-5-13(14)19-12/h2-6,11,15H,7H2,1H3. The van der Waals surface area contributed by atoms with Crippen molar-refractivity contribution in [1.82, 2.24) is 0 Å². The predicted octanol–water partition coefficient (Wildman–Crippen LogP) is 3.46. The summed E-state index contributed by atoms with van der Waals surface area (Å²) in [5.41, 5.74) is 0.722. The highest BCUT2D eigenvalue weighted by Crippen LogP contribution is 2.38. The van der Waals surface area contributed by atoms with Crippen molar-refractivity contribution in [3.05, 3.63) is 39.0 Å². The molecule has 0 saturated carbocycles. The van der Waals surface area contributed by atoms with E-state index in [1.54, 1.807) is 29.5 Å². The predicted molar refractivity (Wildman–Crippen MR) is 83.4 cm³/mol. The van der Waals surface area contributed by atoms with Crippen molar-refractivity contribution in [3.8, 4) is 5.75 Å². The quantitative estimate of drug-likeness (QED) is 0.875. The van der Waals surface area contributed by atoms with Gasteiger partial charge in [0.1, 0.15) is 5.75 Å². The number of benzene rings is 1. The molecule has 1 aromatic heterocycles. The second-order valence-electron chi connectivity index (χ2n) is 4.56. The van der Waals surface area contributed by atoms with Crippen LogP contribution in [0.3, 0.4) is 0 Å². The van der Waals surface area contributed by atoms with E-state index in [1.165, 1.54) is 6.26 Å². The number of rotatable bonds is 2. The molecule has 3 rings (SSSR count). The Hall–Kier alpha value is -1.05. The second kappa shape index (κ2) is 5.05. The fourth-order valence-corrected chi connectivity index (χ4v) is 4.14. The van der Waals surface area contributed by atoms with Gasteiger partial charge in [-0.25, -0.2) is 8.42 Å². The van der Waals surface area contributed by atoms with E-state index in [1.807, 2.05) is 12.1 Å². The van der Waals surface area contributed by atoms with Crippen molar-refractivity contribution in [2.75, 3.05) is 18.1 Å². The zero-order chi connectivity index (χ0) is 14.3. The summed E-state index contributed by atoms with van der Waals surface area (Å²) in [5.74, 6) is 0.679. The average Bonchev–Trinajstić information content (AvgIpc) is 2.83. The summed E-state index contributed by atoms with van der Waals surface area (Å²) in [6.07, 6.45) is 1.15. The Bertz CT molecular complexity index is 755. The van der Waals surface area contributed by atoms with Crippen LogP contribution in [0.2, 0.25) is 0 Å². The van der Waals surface area contributed by atoms with Crippen LogP contribution in [0.15, 0.2) is 39.0 Å². The Labute approximate surface area is 129 Å². The highest BCUT2D eigenvalue weighted by Gasteiger charge is 2.23. The molecule has 4 nitrogen and oxygen atoms in total. The van der Waals surface area contributed by atoms with Gasteiger partial charge in [0.2, 0.25) is 0 Å². The lowest BCUT2D eigenvalue weighted by molar-refractivity contribution is 0.214. The number of fused-ring (bicyclic) bond motifs is 1. The number of sulfone groups is 1. The third-order valence-corrected chi connectivity index (χ3v) is 5.86. The molecule has 20 heavy (non-hydrogen) atoms. The summed E-state index contributed by atoms with van der Waals surface area (Å²) in [4.78, 5) is 1.42. The molecule has 0 fully saturated rings. The van der Waals surface area contributed by atoms with Gasteiger partial charge in [0, 0.05) is 11.1 Å². The van der Waals surface area contributed by atoms with Crippen LogP contribution < -0.4 is 10.1 Å². The normalized spacial score (nSPS) is 18.0. The number of thiophene rings is 1. The van der Waals surface area contributed by atoms with Crippen molar-refractivity contribution < 1.29 is 13.2 Å². The molecule has 2 aromatic rings. The zero-order valence-corrected chi connectivity index (χ0v) is 13.8. The number of nitrogens with one attached hydrogen (secondary N) is 1. The van der Waals surface area contributed by atoms with Gasteiger partial charge >= 0.3 is 0 Å². The van der Waals surface area contributed by atoms with Gasteiger partial charge in [-0.15, -0.1) is 11.3 Å². The van der Waals surface area contributed by atoms with E-state index in [0.717, 1.165) is 14.4 Å². The largest absolute Gasteiger partial charge is 0.481 e. The Balaban J connectivity index is 1.89. The Morgan fingerprint density at radius 3 is 2.80 bits per heavy atom. The van der Waals surface area contributed by atoms with E-state index in [0.29, 0.717) is 17.2 Å². The molecule has 0 spiro atoms. The SMILES string of the molecule is CS(=O)(=O)c1ccc2c(c1)NCC(c1ccc(Br)s1)O2. The van der Waals surface area contributed by atoms with E-state index in [4.69, 9.17) is 4.74 Å². The lowest BCUT2D eigenvalue weighted by atomic mass is 10.2. The first-order valence-electron chi connectivity index (χ1n) is 5.93. The van der Waals surface area contributed by atoms with Gasteiger partial charge < -0.3 is 10.1 Å². The van der Waals surface area contributed by atoms with Crippen LogP contribution in [-0.4, -0.2) is 21.2 Å². The molecule has 0 amide bonds. The van der Waals surface area contributed by atoms with Crippen molar-refractivity contribution in [3.63, 3.8) is 0 Å². The molecule has 7 heteroatoms. The van der Waals surface area contributed by atoms with Crippen molar-refractivity contribution >= 4 is 42.8 Å². The number of hydrogen-bond acceptors (Lipinski definition) is 5. The third kappa shape index (κ3) is 2.70. The maximum atomic E-state index is 11.5. The molecule has 0 radical (unpaired) electrons. The maximum Gasteiger partial charge on any atom is 0.175 e. The van der Waals surface area contributed by atoms with Crippen LogP contribution >= 0.6 is 27.3 Å². The topological polar surface area (TPSA) is 55.4 Å². The maximum absolute atomic E-state index is 11.5. The minimum Gasteiger partial charge on any atom is -0.481 e. The van der Waals surface area contributed by atoms with Gasteiger partial charge in [0.25, 0.3) is 0 Å². The molecule has 2 heterocycles. The molecule has 0 aliphatic carbocycles. The van der Waals surface area contributed by atoms with Crippen LogP contribution in [0.4, 0.5) is 5.69 Å². The van der Waals surface area contributed by atoms with E-state index in [-0.39, 0.29) is 6.10 Å². The van der Waals surface area contributed by atoms with Crippen LogP contribution in [-0.2, 0) is 9.84 Å². The van der Waals surface area contributed by atoms with Gasteiger partial charge in [-0.3, -0.25) is 0 Å². The van der Waals surface area contributed by atoms with Crippen LogP contribution in [0, 0.1) is 0 Å². The van der Waals surface area contributed by atoms with Crippen molar-refractivity contribution in [1.29, 1.82) is 0 Å². The van der Waals surface area contributed by atoms with E-state index < -0.39 is 9.84 Å². The summed E-state index contributed by atoms with van der Waals surface area (Å²) in [7, 11) is -3.20. The molecule has 1 aromatic carbocycles. The van der Waals surface area contributed by atoms with Gasteiger partial charge in [-0.05, 0) is 46.3 Å². The van der Waals surface area contributed by atoms with Crippen LogP contribution in [0.1, 0.15) is 11.0 Å². The van der Waals surface area contributed by atoms with Gasteiger partial charge in [0.15, 0.2) is 15.9 Å². The summed E-state index contributed by atoms with van der Waals surface area (Å²) < 4.78 is 30.1. The highest BCUT2D eigenvalue weighted by atomic mass is 79.9. The molecule has 106 valence electrons. The summed E-state index contributed by atoms with van der Waals surface area (Å²) in [6.45, 7) is 0.618. The summed E-state index contributed by atoms with van der Waals surface area (Å²) in [5, 5.41) is 3.23. The molecule has 1 aliphatic heterocycles. The molecular weight excluding hydrogens is 362 g/mol. The number of ether oxygens (including phenoxy) is 1. The van der Waals surface area contributed by atoms with Gasteiger partial charge in [0.05, 0.1) is 20.9 Å². The van der Waals surface area contributed by atoms with E-state index >= 15 is 0 Å². The van der Waals surface area contributed by atoms with Crippen molar-refractivity contribution in [2.45, 2.75) is 11.0 Å². The smallest absolute Gasteiger partial charge is 0.175 e. The Kier molecular flexibility index (Phi) is 3.51. The molecule has 0 saturated heterocycles. The fraction of sp³-hybridized carbons (Fsp3) is 0.231. The van der Waals surface area contributed by atoms with Gasteiger partial charge in [-0.1, -0.05) is 0 Å². The summed E-state index contributed by atoms with van der Waals surface area (Å²) >= 11 is 5.07. The molecular formula is C13H12BrNO3S2. The first kappa shape index (κ1) is 13.9. The molecule has 1 aliphatic rings. The lowest BCUT2D eigenvalue weighted by Crippen LogP contribution is -2.23. The lowest BCUT2D eigenvalue weighted by Gasteiger charge is -2.27. The Morgan fingerprint density at radius 1 is 1.35 bits per heavy atom. The first-order chi connectivity index (χ1) is 9.43. The molecule has 1 N–H and O–H groups in total. The number of anilines is 1. The monoisotopic (exact) mass is 373 g/mol. The Morgan fingerprint density at radius 2 is 2.15 bits per heavy atom. The van der Waals surface area contributed by atoms with Crippen LogP contribution in [0.25, 0.3) is 0 Å². The average molecular weight is 374 g/mol. The molecule has 1 atom stereocenters. The third-order valence-electron chi connectivity index (χ3n) is 3.04. The minimum absolute atomic E-state index is 0.0529. The molecule has 1 unspecified atom stereocenters.